The molecule has 2 atom stereocenters. The number of amides is 3. The Bertz CT molecular complexity index is 1040. The Balaban J connectivity index is 1.66. The third-order valence-corrected chi connectivity index (χ3v) is 6.91. The van der Waals surface area contributed by atoms with E-state index in [-0.39, 0.29) is 31.2 Å². The quantitative estimate of drug-likeness (QED) is 0.460. The third-order valence-electron chi connectivity index (χ3n) is 5.51. The molecule has 5 nitrogen and oxygen atoms in total. The maximum Gasteiger partial charge on any atom is 0.416 e. The second-order valence-electron chi connectivity index (χ2n) is 7.87. The van der Waals surface area contributed by atoms with Gasteiger partial charge in [0.05, 0.1) is 16.4 Å². The van der Waals surface area contributed by atoms with Crippen molar-refractivity contribution in [2.24, 2.45) is 0 Å². The van der Waals surface area contributed by atoms with Crippen molar-refractivity contribution in [2.45, 2.75) is 36.8 Å². The molecule has 12 heteroatoms. The molecule has 1 N–H and O–H groups in total. The lowest BCUT2D eigenvalue weighted by molar-refractivity contribution is -0.138. The molecule has 2 aromatic rings. The summed E-state index contributed by atoms with van der Waals surface area (Å²) < 4.78 is 76.8. The number of nitrogens with one attached hydrogen (secondary N) is 1. The molecule has 0 bridgehead atoms. The van der Waals surface area contributed by atoms with Crippen LogP contribution in [0.5, 0.6) is 0 Å². The van der Waals surface area contributed by atoms with Gasteiger partial charge in [-0.1, -0.05) is 12.1 Å². The van der Waals surface area contributed by atoms with E-state index in [4.69, 9.17) is 0 Å². The number of halogens is 6. The Morgan fingerprint density at radius 2 is 1.49 bits per heavy atom. The molecule has 0 radical (unpaired) electrons. The highest BCUT2D eigenvalue weighted by Gasteiger charge is 2.39. The first kappa shape index (κ1) is 26.7. The van der Waals surface area contributed by atoms with Crippen LogP contribution in [0.15, 0.2) is 48.5 Å². The summed E-state index contributed by atoms with van der Waals surface area (Å²) in [5, 5.41) is 1.63. The molecular weight excluding hydrogens is 496 g/mol. The molecule has 1 aliphatic rings. The first-order chi connectivity index (χ1) is 16.3. The maximum atomic E-state index is 12.9. The van der Waals surface area contributed by atoms with Gasteiger partial charge in [0.1, 0.15) is 5.37 Å². The molecule has 0 saturated carbocycles. The Labute approximate surface area is 202 Å². The molecule has 1 fully saturated rings. The Morgan fingerprint density at radius 1 is 0.971 bits per heavy atom. The second-order valence-corrected chi connectivity index (χ2v) is 9.29. The minimum atomic E-state index is -4.49. The van der Waals surface area contributed by atoms with Crippen LogP contribution < -0.4 is 5.32 Å². The van der Waals surface area contributed by atoms with E-state index in [1.165, 1.54) is 33.7 Å². The molecule has 1 saturated heterocycles. The smallest absolute Gasteiger partial charge is 0.324 e. The van der Waals surface area contributed by atoms with Crippen LogP contribution in [0.2, 0.25) is 0 Å². The minimum absolute atomic E-state index is 0.124. The molecule has 35 heavy (non-hydrogen) atoms. The fraction of sp³-hybridized carbons (Fsp3) is 0.391. The zero-order chi connectivity index (χ0) is 26.0. The number of hydrogen-bond donors (Lipinski definition) is 1. The highest BCUT2D eigenvalue weighted by atomic mass is 32.2. The van der Waals surface area contributed by atoms with Crippen molar-refractivity contribution in [3.05, 3.63) is 65.2 Å². The Hall–Kier alpha value is -2.89. The van der Waals surface area contributed by atoms with Crippen LogP contribution in [-0.4, -0.2) is 46.6 Å². The lowest BCUT2D eigenvalue weighted by Gasteiger charge is -2.28. The largest absolute Gasteiger partial charge is 0.416 e. The van der Waals surface area contributed by atoms with Gasteiger partial charge in [-0.05, 0) is 55.8 Å². The van der Waals surface area contributed by atoms with Crippen molar-refractivity contribution in [2.75, 3.05) is 25.0 Å². The van der Waals surface area contributed by atoms with E-state index in [0.29, 0.717) is 5.56 Å². The van der Waals surface area contributed by atoms with Crippen LogP contribution in [0.4, 0.5) is 36.8 Å². The maximum absolute atomic E-state index is 12.9. The standard InChI is InChI=1S/C23H23F6N3O2S/c1-3-31(21(34)30-18-10-8-17(9-11-18)23(27,28)29)12-13-32-19(33)14(2)35-20(32)15-4-6-16(7-5-15)22(24,25)26/h4-11,14,20H,3,12-13H2,1-2H3,(H,30,34). The summed E-state index contributed by atoms with van der Waals surface area (Å²) in [7, 11) is 0. The third kappa shape index (κ3) is 6.41. The number of carbonyl (C=O) groups is 2. The number of benzene rings is 2. The molecule has 0 aliphatic carbocycles. The fourth-order valence-electron chi connectivity index (χ4n) is 3.57. The summed E-state index contributed by atoms with van der Waals surface area (Å²) in [6.07, 6.45) is -8.95. The van der Waals surface area contributed by atoms with Gasteiger partial charge in [0.15, 0.2) is 0 Å². The number of alkyl halides is 6. The molecule has 1 aliphatic heterocycles. The number of thioether (sulfide) groups is 1. The van der Waals surface area contributed by atoms with Gasteiger partial charge < -0.3 is 15.1 Å². The van der Waals surface area contributed by atoms with Gasteiger partial charge in [-0.15, -0.1) is 11.8 Å². The van der Waals surface area contributed by atoms with Crippen LogP contribution >= 0.6 is 11.8 Å². The van der Waals surface area contributed by atoms with Crippen LogP contribution in [0.3, 0.4) is 0 Å². The van der Waals surface area contributed by atoms with Crippen molar-refractivity contribution < 1.29 is 35.9 Å². The van der Waals surface area contributed by atoms with Crippen LogP contribution in [-0.2, 0) is 17.1 Å². The highest BCUT2D eigenvalue weighted by molar-refractivity contribution is 8.01. The minimum Gasteiger partial charge on any atom is -0.324 e. The average Bonchev–Trinajstić information content (AvgIpc) is 3.07. The van der Waals surface area contributed by atoms with E-state index in [1.807, 2.05) is 0 Å². The lowest BCUT2D eigenvalue weighted by Crippen LogP contribution is -2.42. The number of nitrogens with zero attached hydrogens (tertiary/aromatic N) is 2. The SMILES string of the molecule is CCN(CCN1C(=O)C(C)SC1c1ccc(C(F)(F)F)cc1)C(=O)Nc1ccc(C(F)(F)F)cc1. The van der Waals surface area contributed by atoms with Crippen molar-refractivity contribution in [3.8, 4) is 0 Å². The number of carbonyl (C=O) groups excluding carboxylic acids is 2. The van der Waals surface area contributed by atoms with E-state index in [2.05, 4.69) is 5.32 Å². The van der Waals surface area contributed by atoms with Crippen LogP contribution in [0.25, 0.3) is 0 Å². The molecule has 3 rings (SSSR count). The van der Waals surface area contributed by atoms with E-state index in [1.54, 1.807) is 13.8 Å². The Kier molecular flexibility index (Phi) is 7.93. The number of rotatable bonds is 6. The van der Waals surface area contributed by atoms with Gasteiger partial charge in [-0.2, -0.15) is 26.3 Å². The molecular formula is C23H23F6N3O2S. The second kappa shape index (κ2) is 10.4. The average molecular weight is 520 g/mol. The van der Waals surface area contributed by atoms with Gasteiger partial charge in [0.2, 0.25) is 5.91 Å². The summed E-state index contributed by atoms with van der Waals surface area (Å²) in [4.78, 5) is 28.3. The first-order valence-electron chi connectivity index (χ1n) is 10.7. The van der Waals surface area contributed by atoms with Gasteiger partial charge in [-0.3, -0.25) is 4.79 Å². The van der Waals surface area contributed by atoms with Gasteiger partial charge in [0, 0.05) is 25.3 Å². The van der Waals surface area contributed by atoms with Crippen molar-refractivity contribution >= 4 is 29.4 Å². The topological polar surface area (TPSA) is 52.7 Å². The fourth-order valence-corrected chi connectivity index (χ4v) is 4.88. The first-order valence-corrected chi connectivity index (χ1v) is 11.6. The van der Waals surface area contributed by atoms with Crippen LogP contribution in [0, 0.1) is 0 Å². The number of likely N-dealkylation sites (N-methyl/N-ethyl adjacent to an activating group) is 1. The monoisotopic (exact) mass is 519 g/mol. The summed E-state index contributed by atoms with van der Waals surface area (Å²) in [6.45, 7) is 3.94. The summed E-state index contributed by atoms with van der Waals surface area (Å²) in [5.41, 5.74) is -0.896. The molecule has 1 heterocycles. The number of hydrogen-bond acceptors (Lipinski definition) is 3. The summed E-state index contributed by atoms with van der Waals surface area (Å²) in [6, 6.07) is 8.10. The molecule has 2 aromatic carbocycles. The van der Waals surface area contributed by atoms with E-state index < -0.39 is 40.1 Å². The van der Waals surface area contributed by atoms with Gasteiger partial charge >= 0.3 is 18.4 Å². The van der Waals surface area contributed by atoms with Crippen LogP contribution in [0.1, 0.15) is 35.9 Å². The summed E-state index contributed by atoms with van der Waals surface area (Å²) in [5.74, 6) is -0.195. The van der Waals surface area contributed by atoms with Gasteiger partial charge in [-0.25, -0.2) is 4.79 Å². The van der Waals surface area contributed by atoms with Gasteiger partial charge in [0.25, 0.3) is 0 Å². The van der Waals surface area contributed by atoms with Crippen molar-refractivity contribution in [3.63, 3.8) is 0 Å². The molecule has 2 unspecified atom stereocenters. The predicted octanol–water partition coefficient (Wildman–Crippen LogP) is 6.24. The summed E-state index contributed by atoms with van der Waals surface area (Å²) >= 11 is 1.31. The molecule has 0 spiro atoms. The van der Waals surface area contributed by atoms with Crippen molar-refractivity contribution in [1.29, 1.82) is 0 Å². The Morgan fingerprint density at radius 3 is 1.97 bits per heavy atom. The van der Waals surface area contributed by atoms with E-state index in [0.717, 1.165) is 36.4 Å². The lowest BCUT2D eigenvalue weighted by atomic mass is 10.1. The number of urea groups is 1. The normalized spacial score (nSPS) is 18.6. The van der Waals surface area contributed by atoms with E-state index >= 15 is 0 Å². The zero-order valence-electron chi connectivity index (χ0n) is 18.8. The number of anilines is 1. The highest BCUT2D eigenvalue weighted by Crippen LogP contribution is 2.43. The zero-order valence-corrected chi connectivity index (χ0v) is 19.6. The predicted molar refractivity (Wildman–Crippen MR) is 121 cm³/mol. The molecule has 190 valence electrons. The molecule has 3 amide bonds. The van der Waals surface area contributed by atoms with E-state index in [9.17, 15) is 35.9 Å². The van der Waals surface area contributed by atoms with Crippen molar-refractivity contribution in [1.82, 2.24) is 9.80 Å². The molecule has 0 aromatic heterocycles.